The molecule has 3 rings (SSSR count). The lowest BCUT2D eigenvalue weighted by molar-refractivity contribution is -0.136. The highest BCUT2D eigenvalue weighted by atomic mass is 19.2. The third-order valence-corrected chi connectivity index (χ3v) is 4.05. The van der Waals surface area contributed by atoms with Crippen molar-refractivity contribution in [3.8, 4) is 0 Å². The van der Waals surface area contributed by atoms with Gasteiger partial charge in [0.15, 0.2) is 11.6 Å². The van der Waals surface area contributed by atoms with Crippen LogP contribution >= 0.6 is 0 Å². The normalized spacial score (nSPS) is 18.9. The largest absolute Gasteiger partial charge is 0.481 e. The van der Waals surface area contributed by atoms with Crippen LogP contribution in [0.15, 0.2) is 42.5 Å². The van der Waals surface area contributed by atoms with Crippen molar-refractivity contribution >= 4 is 17.6 Å². The Kier molecular flexibility index (Phi) is 4.29. The summed E-state index contributed by atoms with van der Waals surface area (Å²) < 4.78 is 26.2. The van der Waals surface area contributed by atoms with Gasteiger partial charge in [-0.25, -0.2) is 8.78 Å². The fourth-order valence-electron chi connectivity index (χ4n) is 2.76. The number of benzene rings is 2. The van der Waals surface area contributed by atoms with Gasteiger partial charge in [-0.05, 0) is 47.7 Å². The number of halogens is 2. The topological polar surface area (TPSA) is 66.4 Å². The first-order chi connectivity index (χ1) is 11.4. The van der Waals surface area contributed by atoms with E-state index in [0.29, 0.717) is 23.2 Å². The molecule has 0 heterocycles. The highest BCUT2D eigenvalue weighted by Gasteiger charge is 2.44. The third kappa shape index (κ3) is 3.59. The fourth-order valence-corrected chi connectivity index (χ4v) is 2.76. The van der Waals surface area contributed by atoms with Crippen LogP contribution in [0.5, 0.6) is 0 Å². The molecule has 6 heteroatoms. The molecular formula is C18H15F2NO3. The minimum absolute atomic E-state index is 0.120. The quantitative estimate of drug-likeness (QED) is 0.883. The van der Waals surface area contributed by atoms with Crippen molar-refractivity contribution in [1.82, 2.24) is 0 Å². The number of carboxylic acid groups (broad SMARTS) is 1. The van der Waals surface area contributed by atoms with Crippen molar-refractivity contribution in [2.24, 2.45) is 5.92 Å². The minimum Gasteiger partial charge on any atom is -0.481 e. The summed E-state index contributed by atoms with van der Waals surface area (Å²) in [5, 5.41) is 11.5. The van der Waals surface area contributed by atoms with Crippen LogP contribution in [0.2, 0.25) is 0 Å². The van der Waals surface area contributed by atoms with Crippen molar-refractivity contribution in [2.45, 2.75) is 18.8 Å². The molecule has 2 aromatic carbocycles. The fraction of sp³-hybridized carbons (Fsp3) is 0.222. The Morgan fingerprint density at radius 2 is 1.92 bits per heavy atom. The Morgan fingerprint density at radius 1 is 1.12 bits per heavy atom. The van der Waals surface area contributed by atoms with Gasteiger partial charge in [-0.3, -0.25) is 9.59 Å². The lowest BCUT2D eigenvalue weighted by Crippen LogP contribution is -2.15. The van der Waals surface area contributed by atoms with Gasteiger partial charge in [-0.15, -0.1) is 0 Å². The molecular weight excluding hydrogens is 316 g/mol. The maximum atomic E-state index is 13.3. The Morgan fingerprint density at radius 3 is 2.62 bits per heavy atom. The van der Waals surface area contributed by atoms with Gasteiger partial charge in [0.05, 0.1) is 6.42 Å². The van der Waals surface area contributed by atoms with Gasteiger partial charge in [-0.2, -0.15) is 0 Å². The van der Waals surface area contributed by atoms with E-state index < -0.39 is 17.6 Å². The minimum atomic E-state index is -0.945. The van der Waals surface area contributed by atoms with E-state index in [4.69, 9.17) is 5.11 Å². The number of carboxylic acids is 1. The summed E-state index contributed by atoms with van der Waals surface area (Å²) in [6, 6.07) is 10.3. The molecule has 2 aromatic rings. The molecule has 0 aromatic heterocycles. The van der Waals surface area contributed by atoms with Crippen molar-refractivity contribution in [1.29, 1.82) is 0 Å². The molecule has 2 N–H and O–H groups in total. The Labute approximate surface area is 137 Å². The molecule has 1 aliphatic rings. The van der Waals surface area contributed by atoms with Crippen LogP contribution in [0.25, 0.3) is 0 Å². The second-order valence-electron chi connectivity index (χ2n) is 5.88. The molecule has 24 heavy (non-hydrogen) atoms. The van der Waals surface area contributed by atoms with Gasteiger partial charge in [-0.1, -0.05) is 18.2 Å². The first-order valence-corrected chi connectivity index (χ1v) is 7.50. The van der Waals surface area contributed by atoms with Crippen LogP contribution in [0.4, 0.5) is 14.5 Å². The summed E-state index contributed by atoms with van der Waals surface area (Å²) in [7, 11) is 0. The molecule has 0 bridgehead atoms. The standard InChI is InChI=1S/C18H15F2NO3/c19-15-5-4-11(8-16(15)20)13-9-14(13)18(24)21-12-3-1-2-10(6-12)7-17(22)23/h1-6,8,13-14H,7,9H2,(H,21,24)(H,22,23)/t13-,14+/m1/s1. The predicted octanol–water partition coefficient (Wildman–Crippen LogP) is 3.33. The van der Waals surface area contributed by atoms with Crippen molar-refractivity contribution in [3.05, 3.63) is 65.2 Å². The molecule has 0 radical (unpaired) electrons. The molecule has 1 saturated carbocycles. The van der Waals surface area contributed by atoms with E-state index in [0.717, 1.165) is 12.1 Å². The predicted molar refractivity (Wildman–Crippen MR) is 83.6 cm³/mol. The van der Waals surface area contributed by atoms with Gasteiger partial charge < -0.3 is 10.4 Å². The number of hydrogen-bond donors (Lipinski definition) is 2. The molecule has 4 nitrogen and oxygen atoms in total. The number of nitrogens with one attached hydrogen (secondary N) is 1. The van der Waals surface area contributed by atoms with Crippen molar-refractivity contribution in [2.75, 3.05) is 5.32 Å². The molecule has 0 spiro atoms. The molecule has 1 fully saturated rings. The number of carbonyl (C=O) groups is 2. The number of rotatable bonds is 5. The summed E-state index contributed by atoms with van der Waals surface area (Å²) >= 11 is 0. The zero-order valence-corrected chi connectivity index (χ0v) is 12.6. The van der Waals surface area contributed by atoms with Crippen molar-refractivity contribution in [3.63, 3.8) is 0 Å². The van der Waals surface area contributed by atoms with Crippen LogP contribution in [-0.4, -0.2) is 17.0 Å². The Hall–Kier alpha value is -2.76. The highest BCUT2D eigenvalue weighted by molar-refractivity contribution is 5.95. The van der Waals surface area contributed by atoms with Crippen molar-refractivity contribution < 1.29 is 23.5 Å². The van der Waals surface area contributed by atoms with Crippen LogP contribution in [-0.2, 0) is 16.0 Å². The molecule has 1 amide bonds. The van der Waals surface area contributed by atoms with Gasteiger partial charge in [0.25, 0.3) is 0 Å². The summed E-state index contributed by atoms with van der Waals surface area (Å²) in [6.45, 7) is 0. The zero-order chi connectivity index (χ0) is 17.3. The van der Waals surface area contributed by atoms with E-state index in [1.807, 2.05) is 0 Å². The Balaban J connectivity index is 1.64. The Bertz CT molecular complexity index is 807. The number of hydrogen-bond acceptors (Lipinski definition) is 2. The molecule has 1 aliphatic carbocycles. The van der Waals surface area contributed by atoms with Crippen LogP contribution in [0.1, 0.15) is 23.5 Å². The molecule has 124 valence electrons. The molecule has 0 aliphatic heterocycles. The maximum absolute atomic E-state index is 13.3. The number of aliphatic carboxylic acids is 1. The lowest BCUT2D eigenvalue weighted by atomic mass is 10.1. The number of carbonyl (C=O) groups excluding carboxylic acids is 1. The van der Waals surface area contributed by atoms with E-state index in [1.165, 1.54) is 6.07 Å². The smallest absolute Gasteiger partial charge is 0.307 e. The van der Waals surface area contributed by atoms with E-state index >= 15 is 0 Å². The van der Waals surface area contributed by atoms with Crippen LogP contribution < -0.4 is 5.32 Å². The van der Waals surface area contributed by atoms with Gasteiger partial charge in [0.1, 0.15) is 0 Å². The number of amides is 1. The highest BCUT2D eigenvalue weighted by Crippen LogP contribution is 2.48. The van der Waals surface area contributed by atoms with Crippen LogP contribution in [0.3, 0.4) is 0 Å². The first kappa shape index (κ1) is 16.1. The second kappa shape index (κ2) is 6.39. The van der Waals surface area contributed by atoms with E-state index in [-0.39, 0.29) is 24.2 Å². The summed E-state index contributed by atoms with van der Waals surface area (Å²) in [6.07, 6.45) is 0.455. The van der Waals surface area contributed by atoms with E-state index in [2.05, 4.69) is 5.32 Å². The third-order valence-electron chi connectivity index (χ3n) is 4.05. The number of anilines is 1. The lowest BCUT2D eigenvalue weighted by Gasteiger charge is -2.07. The van der Waals surface area contributed by atoms with E-state index in [9.17, 15) is 18.4 Å². The van der Waals surface area contributed by atoms with Gasteiger partial charge in [0.2, 0.25) is 5.91 Å². The summed E-state index contributed by atoms with van der Waals surface area (Å²) in [5.41, 5.74) is 1.72. The van der Waals surface area contributed by atoms with E-state index in [1.54, 1.807) is 24.3 Å². The summed E-state index contributed by atoms with van der Waals surface area (Å²) in [4.78, 5) is 23.0. The SMILES string of the molecule is O=C(O)Cc1cccc(NC(=O)[C@H]2C[C@@H]2c2ccc(F)c(F)c2)c1. The average molecular weight is 331 g/mol. The monoisotopic (exact) mass is 331 g/mol. The molecule has 2 atom stereocenters. The average Bonchev–Trinajstić information content (AvgIpc) is 3.30. The maximum Gasteiger partial charge on any atom is 0.307 e. The first-order valence-electron chi connectivity index (χ1n) is 7.50. The second-order valence-corrected chi connectivity index (χ2v) is 5.88. The molecule has 0 saturated heterocycles. The van der Waals surface area contributed by atoms with Gasteiger partial charge in [0, 0.05) is 11.6 Å². The molecule has 0 unspecified atom stereocenters. The summed E-state index contributed by atoms with van der Waals surface area (Å²) in [5.74, 6) is -3.40. The van der Waals surface area contributed by atoms with Gasteiger partial charge >= 0.3 is 5.97 Å². The van der Waals surface area contributed by atoms with Crippen LogP contribution in [0, 0.1) is 17.6 Å². The zero-order valence-electron chi connectivity index (χ0n) is 12.6.